The quantitative estimate of drug-likeness (QED) is 0.621. The highest BCUT2D eigenvalue weighted by Crippen LogP contribution is 2.26. The van der Waals surface area contributed by atoms with E-state index in [1.165, 1.54) is 4.68 Å². The number of rotatable bonds is 6. The van der Waals surface area contributed by atoms with Crippen LogP contribution in [-0.2, 0) is 19.9 Å². The Labute approximate surface area is 107 Å². The molecule has 0 saturated carbocycles. The lowest BCUT2D eigenvalue weighted by Crippen LogP contribution is -2.20. The van der Waals surface area contributed by atoms with Crippen molar-refractivity contribution in [3.8, 4) is 0 Å². The fourth-order valence-electron chi connectivity index (χ4n) is 1.89. The average molecular weight is 255 g/mol. The van der Waals surface area contributed by atoms with Crippen LogP contribution < -0.4 is 0 Å². The van der Waals surface area contributed by atoms with Crippen LogP contribution in [0.3, 0.4) is 0 Å². The van der Waals surface area contributed by atoms with Crippen LogP contribution in [0.15, 0.2) is 0 Å². The van der Waals surface area contributed by atoms with Crippen LogP contribution in [0.1, 0.15) is 38.6 Å². The van der Waals surface area contributed by atoms with E-state index in [9.17, 15) is 15.2 Å². The van der Waals surface area contributed by atoms with Gasteiger partial charge in [-0.1, -0.05) is 27.2 Å². The molecule has 1 atom stereocenters. The first kappa shape index (κ1) is 14.6. The van der Waals surface area contributed by atoms with Crippen molar-refractivity contribution in [2.75, 3.05) is 0 Å². The summed E-state index contributed by atoms with van der Waals surface area (Å²) in [7, 11) is 1.69. The number of hydrogen-bond acceptors (Lipinski definition) is 4. The highest BCUT2D eigenvalue weighted by atomic mass is 16.6. The number of aliphatic hydroxyl groups excluding tert-OH is 1. The van der Waals surface area contributed by atoms with Gasteiger partial charge in [-0.15, -0.1) is 0 Å². The molecule has 0 amide bonds. The van der Waals surface area contributed by atoms with Gasteiger partial charge in [0, 0.05) is 13.5 Å². The summed E-state index contributed by atoms with van der Waals surface area (Å²) in [5, 5.41) is 25.2. The Bertz CT molecular complexity index is 426. The molecule has 1 rings (SSSR count). The van der Waals surface area contributed by atoms with E-state index in [2.05, 4.69) is 5.10 Å². The first-order valence-electron chi connectivity index (χ1n) is 6.25. The van der Waals surface area contributed by atoms with E-state index < -0.39 is 6.10 Å². The normalized spacial score (nSPS) is 13.0. The second-order valence-corrected chi connectivity index (χ2v) is 4.89. The summed E-state index contributed by atoms with van der Waals surface area (Å²) in [4.78, 5) is 10.8. The molecule has 0 radical (unpaired) electrons. The molecule has 18 heavy (non-hydrogen) atoms. The third-order valence-electron chi connectivity index (χ3n) is 3.05. The third kappa shape index (κ3) is 3.07. The molecule has 0 fully saturated rings. The van der Waals surface area contributed by atoms with Crippen molar-refractivity contribution in [2.45, 2.75) is 46.1 Å². The molecule has 1 unspecified atom stereocenters. The molecule has 6 nitrogen and oxygen atoms in total. The van der Waals surface area contributed by atoms with Gasteiger partial charge in [0.05, 0.1) is 11.0 Å². The second kappa shape index (κ2) is 5.95. The standard InChI is InChI=1S/C12H21N3O3/c1-5-6-9-12(15(17)18)10(14(4)13-9)7-11(16)8(2)3/h8,11,16H,5-7H2,1-4H3. The van der Waals surface area contributed by atoms with Gasteiger partial charge in [-0.05, 0) is 12.3 Å². The number of nitrogens with zero attached hydrogens (tertiary/aromatic N) is 3. The highest BCUT2D eigenvalue weighted by Gasteiger charge is 2.27. The van der Waals surface area contributed by atoms with Gasteiger partial charge < -0.3 is 5.11 Å². The van der Waals surface area contributed by atoms with Gasteiger partial charge in [-0.3, -0.25) is 14.8 Å². The Morgan fingerprint density at radius 2 is 2.11 bits per heavy atom. The fourth-order valence-corrected chi connectivity index (χ4v) is 1.89. The molecule has 0 saturated heterocycles. The van der Waals surface area contributed by atoms with Gasteiger partial charge in [0.15, 0.2) is 0 Å². The smallest absolute Gasteiger partial charge is 0.313 e. The van der Waals surface area contributed by atoms with Crippen molar-refractivity contribution in [3.63, 3.8) is 0 Å². The van der Waals surface area contributed by atoms with Crippen LogP contribution in [-0.4, -0.2) is 25.9 Å². The number of aliphatic hydroxyl groups is 1. The van der Waals surface area contributed by atoms with Gasteiger partial charge in [0.25, 0.3) is 0 Å². The topological polar surface area (TPSA) is 81.2 Å². The molecule has 0 spiro atoms. The maximum atomic E-state index is 11.2. The van der Waals surface area contributed by atoms with Crippen LogP contribution in [0.25, 0.3) is 0 Å². The summed E-state index contributed by atoms with van der Waals surface area (Å²) < 4.78 is 1.52. The lowest BCUT2D eigenvalue weighted by molar-refractivity contribution is -0.386. The lowest BCUT2D eigenvalue weighted by atomic mass is 10.0. The molecule has 0 bridgehead atoms. The summed E-state index contributed by atoms with van der Waals surface area (Å²) in [6.45, 7) is 5.74. The Hall–Kier alpha value is -1.43. The van der Waals surface area contributed by atoms with Gasteiger partial charge in [-0.25, -0.2) is 0 Å². The van der Waals surface area contributed by atoms with Crippen LogP contribution in [0, 0.1) is 16.0 Å². The van der Waals surface area contributed by atoms with Crippen LogP contribution in [0.4, 0.5) is 5.69 Å². The minimum atomic E-state index is -0.589. The molecular weight excluding hydrogens is 234 g/mol. The Morgan fingerprint density at radius 1 is 1.50 bits per heavy atom. The van der Waals surface area contributed by atoms with E-state index in [0.717, 1.165) is 6.42 Å². The molecule has 1 aromatic heterocycles. The van der Waals surface area contributed by atoms with Gasteiger partial charge >= 0.3 is 5.69 Å². The molecule has 1 heterocycles. The van der Waals surface area contributed by atoms with Crippen LogP contribution >= 0.6 is 0 Å². The molecule has 1 N–H and O–H groups in total. The van der Waals surface area contributed by atoms with E-state index in [0.29, 0.717) is 17.8 Å². The van der Waals surface area contributed by atoms with Crippen molar-refractivity contribution in [1.82, 2.24) is 9.78 Å². The van der Waals surface area contributed by atoms with Gasteiger partial charge in [0.2, 0.25) is 0 Å². The number of hydrogen-bond donors (Lipinski definition) is 1. The van der Waals surface area contributed by atoms with E-state index >= 15 is 0 Å². The van der Waals surface area contributed by atoms with E-state index in [1.54, 1.807) is 7.05 Å². The van der Waals surface area contributed by atoms with Crippen molar-refractivity contribution < 1.29 is 10.0 Å². The van der Waals surface area contributed by atoms with Crippen molar-refractivity contribution in [1.29, 1.82) is 0 Å². The Kier molecular flexibility index (Phi) is 4.84. The molecule has 6 heteroatoms. The average Bonchev–Trinajstić information content (AvgIpc) is 2.55. The fraction of sp³-hybridized carbons (Fsp3) is 0.750. The van der Waals surface area contributed by atoms with Crippen LogP contribution in [0.5, 0.6) is 0 Å². The van der Waals surface area contributed by atoms with Crippen molar-refractivity contribution >= 4 is 5.69 Å². The third-order valence-corrected chi connectivity index (χ3v) is 3.05. The van der Waals surface area contributed by atoms with Crippen LogP contribution in [0.2, 0.25) is 0 Å². The Morgan fingerprint density at radius 3 is 2.56 bits per heavy atom. The predicted molar refractivity (Wildman–Crippen MR) is 68.4 cm³/mol. The zero-order valence-electron chi connectivity index (χ0n) is 11.4. The maximum absolute atomic E-state index is 11.2. The van der Waals surface area contributed by atoms with E-state index in [4.69, 9.17) is 0 Å². The van der Waals surface area contributed by atoms with E-state index in [1.807, 2.05) is 20.8 Å². The number of aryl methyl sites for hydroxylation is 2. The first-order valence-corrected chi connectivity index (χ1v) is 6.25. The second-order valence-electron chi connectivity index (χ2n) is 4.89. The summed E-state index contributed by atoms with van der Waals surface area (Å²) in [5.41, 5.74) is 1.08. The largest absolute Gasteiger partial charge is 0.392 e. The van der Waals surface area contributed by atoms with Crippen molar-refractivity contribution in [2.24, 2.45) is 13.0 Å². The Balaban J connectivity index is 3.13. The SMILES string of the molecule is CCCc1nn(C)c(CC(O)C(C)C)c1[N+](=O)[O-]. The molecule has 102 valence electrons. The van der Waals surface area contributed by atoms with Gasteiger partial charge in [0.1, 0.15) is 11.4 Å². The molecule has 0 aliphatic carbocycles. The van der Waals surface area contributed by atoms with Crippen molar-refractivity contribution in [3.05, 3.63) is 21.5 Å². The zero-order chi connectivity index (χ0) is 13.9. The molecule has 0 aliphatic rings. The molecule has 0 aliphatic heterocycles. The highest BCUT2D eigenvalue weighted by molar-refractivity contribution is 5.41. The van der Waals surface area contributed by atoms with Gasteiger partial charge in [-0.2, -0.15) is 5.10 Å². The zero-order valence-corrected chi connectivity index (χ0v) is 11.4. The summed E-state index contributed by atoms with van der Waals surface area (Å²) in [6.07, 6.45) is 1.07. The molecular formula is C12H21N3O3. The minimum absolute atomic E-state index is 0.0640. The summed E-state index contributed by atoms with van der Waals surface area (Å²) >= 11 is 0. The summed E-state index contributed by atoms with van der Waals surface area (Å²) in [5.74, 6) is 0.0640. The molecule has 1 aromatic rings. The first-order chi connectivity index (χ1) is 8.38. The molecule has 0 aromatic carbocycles. The summed E-state index contributed by atoms with van der Waals surface area (Å²) in [6, 6.07) is 0. The maximum Gasteiger partial charge on any atom is 0.313 e. The van der Waals surface area contributed by atoms with E-state index in [-0.39, 0.29) is 22.9 Å². The number of nitro groups is 1. The predicted octanol–water partition coefficient (Wildman–Crippen LogP) is 1.84. The number of aromatic nitrogens is 2. The lowest BCUT2D eigenvalue weighted by Gasteiger charge is -2.13. The minimum Gasteiger partial charge on any atom is -0.392 e. The monoisotopic (exact) mass is 255 g/mol.